The van der Waals surface area contributed by atoms with Crippen LogP contribution in [-0.2, 0) is 6.42 Å². The molecule has 0 bridgehead atoms. The third-order valence-corrected chi connectivity index (χ3v) is 3.25. The third kappa shape index (κ3) is 1.94. The summed E-state index contributed by atoms with van der Waals surface area (Å²) in [4.78, 5) is 3.33. The molecule has 2 nitrogen and oxygen atoms in total. The molecule has 3 heteroatoms. The molecule has 0 aliphatic heterocycles. The van der Waals surface area contributed by atoms with Gasteiger partial charge in [0.1, 0.15) is 0 Å². The quantitative estimate of drug-likeness (QED) is 0.862. The van der Waals surface area contributed by atoms with Gasteiger partial charge in [-0.15, -0.1) is 0 Å². The van der Waals surface area contributed by atoms with E-state index in [1.807, 2.05) is 26.0 Å². The van der Waals surface area contributed by atoms with Gasteiger partial charge in [-0.05, 0) is 31.5 Å². The number of H-pyrrole nitrogens is 1. The molecule has 0 radical (unpaired) electrons. The van der Waals surface area contributed by atoms with Crippen LogP contribution >= 0.6 is 15.9 Å². The van der Waals surface area contributed by atoms with E-state index >= 15 is 0 Å². The summed E-state index contributed by atoms with van der Waals surface area (Å²) in [7, 11) is 0. The number of aliphatic hydroxyl groups is 1. The van der Waals surface area contributed by atoms with E-state index in [9.17, 15) is 5.11 Å². The van der Waals surface area contributed by atoms with Crippen LogP contribution in [0.25, 0.3) is 10.9 Å². The highest BCUT2D eigenvalue weighted by molar-refractivity contribution is 9.10. The summed E-state index contributed by atoms with van der Waals surface area (Å²) in [6, 6.07) is 6.09. The molecule has 2 N–H and O–H groups in total. The molecule has 0 amide bonds. The van der Waals surface area contributed by atoms with Crippen LogP contribution < -0.4 is 0 Å². The van der Waals surface area contributed by atoms with Crippen LogP contribution in [0.3, 0.4) is 0 Å². The number of aromatic nitrogens is 1. The second kappa shape index (κ2) is 3.99. The number of hydrogen-bond donors (Lipinski definition) is 2. The maximum atomic E-state index is 9.47. The van der Waals surface area contributed by atoms with Crippen LogP contribution in [0.2, 0.25) is 0 Å². The zero-order valence-corrected chi connectivity index (χ0v) is 10.4. The lowest BCUT2D eigenvalue weighted by Crippen LogP contribution is -2.04. The highest BCUT2D eigenvalue weighted by atomic mass is 79.9. The molecular formula is C12H14BrNO. The van der Waals surface area contributed by atoms with Gasteiger partial charge in [0, 0.05) is 27.5 Å². The van der Waals surface area contributed by atoms with Crippen LogP contribution in [0.15, 0.2) is 22.7 Å². The monoisotopic (exact) mass is 267 g/mol. The van der Waals surface area contributed by atoms with Gasteiger partial charge in [-0.3, -0.25) is 0 Å². The van der Waals surface area contributed by atoms with Crippen molar-refractivity contribution in [2.24, 2.45) is 0 Å². The fraction of sp³-hybridized carbons (Fsp3) is 0.333. The van der Waals surface area contributed by atoms with Crippen LogP contribution in [-0.4, -0.2) is 16.2 Å². The largest absolute Gasteiger partial charge is 0.393 e. The molecule has 0 fully saturated rings. The smallest absolute Gasteiger partial charge is 0.0553 e. The van der Waals surface area contributed by atoms with E-state index in [4.69, 9.17) is 0 Å². The minimum atomic E-state index is -0.310. The number of halogens is 1. The van der Waals surface area contributed by atoms with Crippen LogP contribution in [0.5, 0.6) is 0 Å². The highest BCUT2D eigenvalue weighted by Crippen LogP contribution is 2.30. The Labute approximate surface area is 97.4 Å². The number of aromatic amines is 1. The number of fused-ring (bicyclic) bond motifs is 1. The Morgan fingerprint density at radius 3 is 2.87 bits per heavy atom. The normalized spacial score (nSPS) is 13.3. The lowest BCUT2D eigenvalue weighted by molar-refractivity contribution is 0.195. The predicted octanol–water partition coefficient (Wildman–Crippen LogP) is 3.16. The van der Waals surface area contributed by atoms with E-state index in [0.29, 0.717) is 6.42 Å². The average Bonchev–Trinajstić information content (AvgIpc) is 2.43. The first kappa shape index (κ1) is 10.7. The summed E-state index contributed by atoms with van der Waals surface area (Å²) < 4.78 is 1.08. The Morgan fingerprint density at radius 2 is 2.20 bits per heavy atom. The molecule has 1 heterocycles. The van der Waals surface area contributed by atoms with Crippen molar-refractivity contribution in [3.63, 3.8) is 0 Å². The third-order valence-electron chi connectivity index (χ3n) is 2.59. The fourth-order valence-corrected chi connectivity index (χ4v) is 2.56. The molecule has 0 aliphatic rings. The molecule has 1 unspecified atom stereocenters. The number of aliphatic hydroxyl groups excluding tert-OH is 1. The van der Waals surface area contributed by atoms with Gasteiger partial charge >= 0.3 is 0 Å². The van der Waals surface area contributed by atoms with E-state index < -0.39 is 0 Å². The van der Waals surface area contributed by atoms with Crippen molar-refractivity contribution in [1.29, 1.82) is 0 Å². The van der Waals surface area contributed by atoms with E-state index in [1.165, 1.54) is 10.9 Å². The Hall–Kier alpha value is -0.800. The minimum Gasteiger partial charge on any atom is -0.393 e. The second-order valence-corrected chi connectivity index (χ2v) is 4.80. The zero-order chi connectivity index (χ0) is 11.0. The Bertz CT molecular complexity index is 488. The molecule has 0 aliphatic carbocycles. The Balaban J connectivity index is 2.65. The molecule has 1 aromatic carbocycles. The topological polar surface area (TPSA) is 36.0 Å². The summed E-state index contributed by atoms with van der Waals surface area (Å²) >= 11 is 3.55. The molecule has 2 rings (SSSR count). The molecule has 15 heavy (non-hydrogen) atoms. The van der Waals surface area contributed by atoms with Gasteiger partial charge in [-0.2, -0.15) is 0 Å². The maximum absolute atomic E-state index is 9.47. The molecule has 1 aromatic heterocycles. The fourth-order valence-electron chi connectivity index (χ4n) is 1.95. The second-order valence-electron chi connectivity index (χ2n) is 3.94. The number of nitrogens with one attached hydrogen (secondary N) is 1. The van der Waals surface area contributed by atoms with E-state index in [-0.39, 0.29) is 6.10 Å². The van der Waals surface area contributed by atoms with E-state index in [2.05, 4.69) is 27.0 Å². The number of rotatable bonds is 2. The molecule has 0 saturated heterocycles. The summed E-state index contributed by atoms with van der Waals surface area (Å²) in [6.07, 6.45) is 0.379. The average molecular weight is 268 g/mol. The molecule has 80 valence electrons. The van der Waals surface area contributed by atoms with Gasteiger partial charge in [0.05, 0.1) is 6.10 Å². The highest BCUT2D eigenvalue weighted by Gasteiger charge is 2.12. The SMILES string of the molecule is Cc1[nH]c2cccc(Br)c2c1CC(C)O. The standard InChI is InChI=1S/C12H14BrNO/c1-7(15)6-9-8(2)14-11-5-3-4-10(13)12(9)11/h3-5,7,14-15H,6H2,1-2H3. The van der Waals surface area contributed by atoms with Crippen molar-refractivity contribution < 1.29 is 5.11 Å². The first-order chi connectivity index (χ1) is 7.09. The van der Waals surface area contributed by atoms with Crippen molar-refractivity contribution in [2.45, 2.75) is 26.4 Å². The van der Waals surface area contributed by atoms with Gasteiger partial charge in [-0.25, -0.2) is 0 Å². The van der Waals surface area contributed by atoms with Gasteiger partial charge in [0.2, 0.25) is 0 Å². The van der Waals surface area contributed by atoms with Crippen molar-refractivity contribution in [2.75, 3.05) is 0 Å². The van der Waals surface area contributed by atoms with Crippen LogP contribution in [0.4, 0.5) is 0 Å². The summed E-state index contributed by atoms with van der Waals surface area (Å²) in [5.41, 5.74) is 3.46. The van der Waals surface area contributed by atoms with Gasteiger partial charge in [0.25, 0.3) is 0 Å². The minimum absolute atomic E-state index is 0.310. The molecule has 0 spiro atoms. The number of hydrogen-bond acceptors (Lipinski definition) is 1. The molecule has 0 saturated carbocycles. The maximum Gasteiger partial charge on any atom is 0.0553 e. The lowest BCUT2D eigenvalue weighted by Gasteiger charge is -2.05. The molecular weight excluding hydrogens is 254 g/mol. The van der Waals surface area contributed by atoms with Gasteiger partial charge < -0.3 is 10.1 Å². The first-order valence-corrected chi connectivity index (χ1v) is 5.82. The number of benzene rings is 1. The zero-order valence-electron chi connectivity index (χ0n) is 8.84. The van der Waals surface area contributed by atoms with Crippen molar-refractivity contribution >= 4 is 26.8 Å². The lowest BCUT2D eigenvalue weighted by atomic mass is 10.1. The summed E-state index contributed by atoms with van der Waals surface area (Å²) in [6.45, 7) is 3.86. The van der Waals surface area contributed by atoms with Crippen molar-refractivity contribution in [3.05, 3.63) is 33.9 Å². The Morgan fingerprint density at radius 1 is 1.47 bits per heavy atom. The van der Waals surface area contributed by atoms with E-state index in [0.717, 1.165) is 15.7 Å². The Kier molecular flexibility index (Phi) is 2.85. The van der Waals surface area contributed by atoms with Crippen molar-refractivity contribution in [1.82, 2.24) is 4.98 Å². The summed E-state index contributed by atoms with van der Waals surface area (Å²) in [5, 5.41) is 10.7. The van der Waals surface area contributed by atoms with E-state index in [1.54, 1.807) is 0 Å². The van der Waals surface area contributed by atoms with Gasteiger partial charge in [0.15, 0.2) is 0 Å². The van der Waals surface area contributed by atoms with Gasteiger partial charge in [-0.1, -0.05) is 22.0 Å². The van der Waals surface area contributed by atoms with Crippen LogP contribution in [0.1, 0.15) is 18.2 Å². The van der Waals surface area contributed by atoms with Crippen molar-refractivity contribution in [3.8, 4) is 0 Å². The number of aryl methyl sites for hydroxylation is 1. The van der Waals surface area contributed by atoms with Crippen LogP contribution in [0, 0.1) is 6.92 Å². The molecule has 1 atom stereocenters. The predicted molar refractivity (Wildman–Crippen MR) is 66.1 cm³/mol. The summed E-state index contributed by atoms with van der Waals surface area (Å²) in [5.74, 6) is 0. The molecule has 2 aromatic rings. The first-order valence-electron chi connectivity index (χ1n) is 5.03.